The van der Waals surface area contributed by atoms with Crippen molar-refractivity contribution in [2.75, 3.05) is 18.5 Å². The van der Waals surface area contributed by atoms with Crippen molar-refractivity contribution in [2.24, 2.45) is 7.05 Å². The average Bonchev–Trinajstić information content (AvgIpc) is 2.49. The maximum atomic E-state index is 12.7. The van der Waals surface area contributed by atoms with E-state index in [0.717, 1.165) is 10.9 Å². The molecule has 0 radical (unpaired) electrons. The van der Waals surface area contributed by atoms with Crippen LogP contribution in [0.25, 0.3) is 21.8 Å². The van der Waals surface area contributed by atoms with Gasteiger partial charge >= 0.3 is 0 Å². The summed E-state index contributed by atoms with van der Waals surface area (Å²) in [4.78, 5) is 21.7. The summed E-state index contributed by atoms with van der Waals surface area (Å²) in [5.74, 6) is 0.432. The van der Waals surface area contributed by atoms with Crippen LogP contribution in [0.5, 0.6) is 0 Å². The molecule has 2 heterocycles. The Morgan fingerprint density at radius 1 is 1.29 bits per heavy atom. The molecular weight excluding hydrogens is 268 g/mol. The Morgan fingerprint density at radius 3 is 2.81 bits per heavy atom. The number of para-hydroxylation sites is 1. The number of aliphatic hydroxyl groups excluding tert-OH is 1. The second-order valence-electron chi connectivity index (χ2n) is 4.89. The lowest BCUT2D eigenvalue weighted by molar-refractivity contribution is 0.310. The van der Waals surface area contributed by atoms with Gasteiger partial charge in [-0.05, 0) is 13.0 Å². The van der Waals surface area contributed by atoms with E-state index in [1.54, 1.807) is 7.05 Å². The quantitative estimate of drug-likeness (QED) is 0.706. The van der Waals surface area contributed by atoms with Crippen LogP contribution < -0.4 is 10.9 Å². The van der Waals surface area contributed by atoms with Gasteiger partial charge in [0, 0.05) is 19.0 Å². The Hall–Kier alpha value is -2.47. The zero-order valence-electron chi connectivity index (χ0n) is 11.9. The van der Waals surface area contributed by atoms with Gasteiger partial charge in [-0.3, -0.25) is 14.3 Å². The molecule has 0 atom stereocenters. The third-order valence-electron chi connectivity index (χ3n) is 3.49. The molecule has 2 aromatic heterocycles. The minimum atomic E-state index is -0.123. The fraction of sp³-hybridized carbons (Fsp3) is 0.267. The summed E-state index contributed by atoms with van der Waals surface area (Å²) in [6.45, 7) is 2.16. The Labute approximate surface area is 121 Å². The first-order valence-corrected chi connectivity index (χ1v) is 6.74. The molecule has 0 spiro atoms. The lowest BCUT2D eigenvalue weighted by atomic mass is 10.1. The normalized spacial score (nSPS) is 11.2. The number of anilines is 1. The van der Waals surface area contributed by atoms with Crippen LogP contribution in [0.1, 0.15) is 5.69 Å². The van der Waals surface area contributed by atoms with Crippen LogP contribution in [-0.2, 0) is 7.05 Å². The van der Waals surface area contributed by atoms with Crippen LogP contribution in [0, 0.1) is 6.92 Å². The predicted octanol–water partition coefficient (Wildman–Crippen LogP) is 1.19. The van der Waals surface area contributed by atoms with Crippen molar-refractivity contribution in [1.82, 2.24) is 14.5 Å². The molecule has 6 nitrogen and oxygen atoms in total. The van der Waals surface area contributed by atoms with Gasteiger partial charge < -0.3 is 10.4 Å². The molecule has 6 heteroatoms. The standard InChI is InChI=1S/C15H16N4O2/c1-9-13-12(10-5-3-4-6-11(10)17-9)14(21)19(2)15(18-13)16-7-8-20/h3-6,20H,7-8H2,1-2H3,(H,16,18). The number of hydrogen-bond donors (Lipinski definition) is 2. The summed E-state index contributed by atoms with van der Waals surface area (Å²) >= 11 is 0. The van der Waals surface area contributed by atoms with Gasteiger partial charge in [-0.15, -0.1) is 0 Å². The summed E-state index contributed by atoms with van der Waals surface area (Å²) in [5, 5.41) is 13.2. The summed E-state index contributed by atoms with van der Waals surface area (Å²) in [6.07, 6.45) is 0. The number of aryl methyl sites for hydroxylation is 1. The molecule has 0 aliphatic rings. The molecule has 0 saturated heterocycles. The number of rotatable bonds is 3. The number of pyridine rings is 1. The topological polar surface area (TPSA) is 80.0 Å². The maximum Gasteiger partial charge on any atom is 0.263 e. The molecule has 1 aromatic carbocycles. The highest BCUT2D eigenvalue weighted by molar-refractivity contribution is 6.04. The van der Waals surface area contributed by atoms with Crippen LogP contribution in [-0.4, -0.2) is 32.8 Å². The van der Waals surface area contributed by atoms with E-state index >= 15 is 0 Å². The van der Waals surface area contributed by atoms with Gasteiger partial charge in [0.05, 0.1) is 23.2 Å². The van der Waals surface area contributed by atoms with E-state index in [2.05, 4.69) is 15.3 Å². The molecule has 21 heavy (non-hydrogen) atoms. The Balaban J connectivity index is 2.42. The smallest absolute Gasteiger partial charge is 0.263 e. The highest BCUT2D eigenvalue weighted by atomic mass is 16.3. The first-order valence-electron chi connectivity index (χ1n) is 6.74. The number of nitrogens with zero attached hydrogens (tertiary/aromatic N) is 3. The number of aromatic nitrogens is 3. The van der Waals surface area contributed by atoms with Gasteiger partial charge in [-0.2, -0.15) is 0 Å². The molecule has 0 fully saturated rings. The van der Waals surface area contributed by atoms with Crippen molar-refractivity contribution < 1.29 is 5.11 Å². The van der Waals surface area contributed by atoms with Gasteiger partial charge in [0.1, 0.15) is 5.52 Å². The van der Waals surface area contributed by atoms with Crippen LogP contribution >= 0.6 is 0 Å². The van der Waals surface area contributed by atoms with Crippen LogP contribution in [0.2, 0.25) is 0 Å². The molecule has 0 aliphatic carbocycles. The lowest BCUT2D eigenvalue weighted by Crippen LogP contribution is -2.24. The van der Waals surface area contributed by atoms with Crippen molar-refractivity contribution in [3.8, 4) is 0 Å². The second-order valence-corrected chi connectivity index (χ2v) is 4.89. The highest BCUT2D eigenvalue weighted by Gasteiger charge is 2.14. The largest absolute Gasteiger partial charge is 0.395 e. The van der Waals surface area contributed by atoms with Crippen molar-refractivity contribution in [3.05, 3.63) is 40.3 Å². The van der Waals surface area contributed by atoms with Crippen molar-refractivity contribution in [3.63, 3.8) is 0 Å². The van der Waals surface area contributed by atoms with Gasteiger partial charge in [0.2, 0.25) is 5.95 Å². The summed E-state index contributed by atoms with van der Waals surface area (Å²) in [6, 6.07) is 7.55. The van der Waals surface area contributed by atoms with Crippen LogP contribution in [0.4, 0.5) is 5.95 Å². The average molecular weight is 284 g/mol. The van der Waals surface area contributed by atoms with Gasteiger partial charge in [-0.25, -0.2) is 4.98 Å². The minimum Gasteiger partial charge on any atom is -0.395 e. The third-order valence-corrected chi connectivity index (χ3v) is 3.49. The monoisotopic (exact) mass is 284 g/mol. The van der Waals surface area contributed by atoms with E-state index < -0.39 is 0 Å². The van der Waals surface area contributed by atoms with Crippen LogP contribution in [0.3, 0.4) is 0 Å². The Kier molecular flexibility index (Phi) is 3.31. The van der Waals surface area contributed by atoms with E-state index in [4.69, 9.17) is 5.11 Å². The molecule has 0 bridgehead atoms. The first-order chi connectivity index (χ1) is 10.1. The van der Waals surface area contributed by atoms with E-state index in [-0.39, 0.29) is 12.2 Å². The Morgan fingerprint density at radius 2 is 2.05 bits per heavy atom. The number of benzene rings is 1. The van der Waals surface area contributed by atoms with E-state index in [0.29, 0.717) is 29.1 Å². The Bertz CT molecular complexity index is 886. The molecule has 0 saturated carbocycles. The molecule has 0 unspecified atom stereocenters. The fourth-order valence-corrected chi connectivity index (χ4v) is 2.45. The minimum absolute atomic E-state index is 0.0249. The number of fused-ring (bicyclic) bond motifs is 3. The number of nitrogens with one attached hydrogen (secondary N) is 1. The highest BCUT2D eigenvalue weighted by Crippen LogP contribution is 2.22. The number of aliphatic hydroxyl groups is 1. The third kappa shape index (κ3) is 2.13. The molecule has 3 rings (SSSR count). The summed E-state index contributed by atoms with van der Waals surface area (Å²) in [5.41, 5.74) is 1.98. The zero-order valence-corrected chi connectivity index (χ0v) is 11.9. The molecule has 2 N–H and O–H groups in total. The van der Waals surface area contributed by atoms with Crippen molar-refractivity contribution in [2.45, 2.75) is 6.92 Å². The van der Waals surface area contributed by atoms with E-state index in [1.165, 1.54) is 4.57 Å². The van der Waals surface area contributed by atoms with Gasteiger partial charge in [-0.1, -0.05) is 18.2 Å². The number of hydrogen-bond acceptors (Lipinski definition) is 5. The first kappa shape index (κ1) is 13.5. The van der Waals surface area contributed by atoms with Crippen molar-refractivity contribution >= 4 is 27.8 Å². The maximum absolute atomic E-state index is 12.7. The van der Waals surface area contributed by atoms with E-state index in [9.17, 15) is 4.79 Å². The van der Waals surface area contributed by atoms with Crippen LogP contribution in [0.15, 0.2) is 29.1 Å². The van der Waals surface area contributed by atoms with E-state index in [1.807, 2.05) is 31.2 Å². The molecule has 108 valence electrons. The SMILES string of the molecule is Cc1nc2ccccc2c2c(=O)n(C)c(NCCO)nc12. The molecule has 3 aromatic rings. The lowest BCUT2D eigenvalue weighted by Gasteiger charge is -2.12. The van der Waals surface area contributed by atoms with Gasteiger partial charge in [0.15, 0.2) is 0 Å². The summed E-state index contributed by atoms with van der Waals surface area (Å²) in [7, 11) is 1.67. The van der Waals surface area contributed by atoms with Crippen molar-refractivity contribution in [1.29, 1.82) is 0 Å². The van der Waals surface area contributed by atoms with Gasteiger partial charge in [0.25, 0.3) is 5.56 Å². The zero-order chi connectivity index (χ0) is 15.0. The molecular formula is C15H16N4O2. The second kappa shape index (κ2) is 5.14. The molecule has 0 amide bonds. The summed E-state index contributed by atoms with van der Waals surface area (Å²) < 4.78 is 1.46. The fourth-order valence-electron chi connectivity index (χ4n) is 2.45. The predicted molar refractivity (Wildman–Crippen MR) is 82.6 cm³/mol. The molecule has 0 aliphatic heterocycles.